The van der Waals surface area contributed by atoms with Gasteiger partial charge in [-0.05, 0) is 37.0 Å². The van der Waals surface area contributed by atoms with Crippen LogP contribution in [0.1, 0.15) is 69.5 Å². The summed E-state index contributed by atoms with van der Waals surface area (Å²) < 4.78 is 0. The van der Waals surface area contributed by atoms with Crippen LogP contribution >= 0.6 is 0 Å². The van der Waals surface area contributed by atoms with E-state index in [-0.39, 0.29) is 0 Å². The Morgan fingerprint density at radius 2 is 1.84 bits per heavy atom. The summed E-state index contributed by atoms with van der Waals surface area (Å²) in [5.41, 5.74) is 2.96. The van der Waals surface area contributed by atoms with Gasteiger partial charge in [-0.25, -0.2) is 9.97 Å². The number of rotatable bonds is 1. The maximum absolute atomic E-state index is 4.79. The molecule has 3 heteroatoms. The van der Waals surface area contributed by atoms with Gasteiger partial charge in [-0.2, -0.15) is 0 Å². The van der Waals surface area contributed by atoms with Gasteiger partial charge >= 0.3 is 0 Å². The first-order valence-electron chi connectivity index (χ1n) is 7.59. The van der Waals surface area contributed by atoms with Crippen molar-refractivity contribution in [3.63, 3.8) is 0 Å². The molecule has 0 radical (unpaired) electrons. The van der Waals surface area contributed by atoms with E-state index in [1.54, 1.807) is 0 Å². The topological polar surface area (TPSA) is 37.8 Å². The maximum atomic E-state index is 4.79. The van der Waals surface area contributed by atoms with Crippen molar-refractivity contribution in [3.05, 3.63) is 23.3 Å². The minimum atomic E-state index is 0.452. The minimum absolute atomic E-state index is 0.452. The van der Waals surface area contributed by atoms with Gasteiger partial charge in [0.05, 0.1) is 5.69 Å². The van der Waals surface area contributed by atoms with Gasteiger partial charge < -0.3 is 5.32 Å². The molecule has 1 aliphatic carbocycles. The fourth-order valence-electron chi connectivity index (χ4n) is 3.49. The van der Waals surface area contributed by atoms with Crippen LogP contribution in [0, 0.1) is 11.3 Å². The molecule has 104 valence electrons. The Hall–Kier alpha value is -0.960. The number of fused-ring (bicyclic) bond motifs is 1. The second-order valence-corrected chi connectivity index (χ2v) is 7.22. The predicted molar refractivity (Wildman–Crippen MR) is 76.7 cm³/mol. The lowest BCUT2D eigenvalue weighted by Crippen LogP contribution is -2.25. The number of hydrogen-bond acceptors (Lipinski definition) is 3. The Morgan fingerprint density at radius 3 is 2.53 bits per heavy atom. The highest BCUT2D eigenvalue weighted by Crippen LogP contribution is 2.42. The van der Waals surface area contributed by atoms with E-state index < -0.39 is 0 Å². The molecule has 3 rings (SSSR count). The van der Waals surface area contributed by atoms with Crippen LogP contribution in [0.5, 0.6) is 0 Å². The average Bonchev–Trinajstić information content (AvgIpc) is 2.85. The van der Waals surface area contributed by atoms with Gasteiger partial charge in [0, 0.05) is 30.8 Å². The van der Waals surface area contributed by atoms with Crippen LogP contribution in [0.15, 0.2) is 6.20 Å². The Bertz CT molecular complexity index is 454. The standard InChI is InChI=1S/C16H25N3/c1-16(2,3)13-6-4-11(5-7-13)15-18-9-12-8-17-10-14(12)19-15/h9,11,13,17H,4-8,10H2,1-3H3. The summed E-state index contributed by atoms with van der Waals surface area (Å²) in [6.45, 7) is 8.97. The van der Waals surface area contributed by atoms with E-state index in [9.17, 15) is 0 Å². The number of hydrogen-bond donors (Lipinski definition) is 1. The second kappa shape index (κ2) is 4.86. The molecule has 0 amide bonds. The smallest absolute Gasteiger partial charge is 0.131 e. The van der Waals surface area contributed by atoms with Crippen molar-refractivity contribution < 1.29 is 0 Å². The molecular formula is C16H25N3. The first kappa shape index (κ1) is 13.0. The van der Waals surface area contributed by atoms with Gasteiger partial charge in [-0.1, -0.05) is 20.8 Å². The molecule has 1 N–H and O–H groups in total. The van der Waals surface area contributed by atoms with Crippen molar-refractivity contribution in [1.82, 2.24) is 15.3 Å². The Kier molecular flexibility index (Phi) is 3.34. The third-order valence-electron chi connectivity index (χ3n) is 4.90. The Balaban J connectivity index is 1.69. The summed E-state index contributed by atoms with van der Waals surface area (Å²) in [6.07, 6.45) is 7.20. The quantitative estimate of drug-likeness (QED) is 0.840. The fourth-order valence-corrected chi connectivity index (χ4v) is 3.49. The predicted octanol–water partition coefficient (Wildman–Crippen LogP) is 3.40. The molecule has 1 aliphatic heterocycles. The molecular weight excluding hydrogens is 234 g/mol. The third-order valence-corrected chi connectivity index (χ3v) is 4.90. The lowest BCUT2D eigenvalue weighted by atomic mass is 9.69. The highest BCUT2D eigenvalue weighted by Gasteiger charge is 2.31. The molecule has 2 heterocycles. The van der Waals surface area contributed by atoms with Crippen LogP contribution in [-0.4, -0.2) is 9.97 Å². The van der Waals surface area contributed by atoms with E-state index in [1.807, 2.05) is 6.20 Å². The molecule has 1 fully saturated rings. The third kappa shape index (κ3) is 2.66. The number of aromatic nitrogens is 2. The van der Waals surface area contributed by atoms with Crippen LogP contribution in [-0.2, 0) is 13.1 Å². The van der Waals surface area contributed by atoms with Gasteiger partial charge in [0.2, 0.25) is 0 Å². The van der Waals surface area contributed by atoms with Crippen LogP contribution < -0.4 is 5.32 Å². The van der Waals surface area contributed by atoms with E-state index >= 15 is 0 Å². The number of nitrogens with one attached hydrogen (secondary N) is 1. The molecule has 0 spiro atoms. The number of nitrogens with zero attached hydrogens (tertiary/aromatic N) is 2. The van der Waals surface area contributed by atoms with Gasteiger partial charge in [0.1, 0.15) is 5.82 Å². The summed E-state index contributed by atoms with van der Waals surface area (Å²) in [7, 11) is 0. The fraction of sp³-hybridized carbons (Fsp3) is 0.750. The summed E-state index contributed by atoms with van der Waals surface area (Å²) >= 11 is 0. The molecule has 0 bridgehead atoms. The Morgan fingerprint density at radius 1 is 1.11 bits per heavy atom. The second-order valence-electron chi connectivity index (χ2n) is 7.22. The maximum Gasteiger partial charge on any atom is 0.131 e. The van der Waals surface area contributed by atoms with Crippen molar-refractivity contribution in [3.8, 4) is 0 Å². The zero-order chi connectivity index (χ0) is 13.5. The van der Waals surface area contributed by atoms with Crippen molar-refractivity contribution in [2.24, 2.45) is 11.3 Å². The summed E-state index contributed by atoms with van der Waals surface area (Å²) in [6, 6.07) is 0. The molecule has 1 aromatic rings. The van der Waals surface area contributed by atoms with E-state index in [4.69, 9.17) is 4.98 Å². The van der Waals surface area contributed by atoms with Crippen LogP contribution in [0.4, 0.5) is 0 Å². The van der Waals surface area contributed by atoms with Gasteiger partial charge in [-0.15, -0.1) is 0 Å². The first-order chi connectivity index (χ1) is 9.04. The van der Waals surface area contributed by atoms with E-state index in [0.29, 0.717) is 11.3 Å². The normalized spacial score (nSPS) is 27.3. The molecule has 19 heavy (non-hydrogen) atoms. The largest absolute Gasteiger partial charge is 0.307 e. The van der Waals surface area contributed by atoms with Gasteiger partial charge in [0.15, 0.2) is 0 Å². The summed E-state index contributed by atoms with van der Waals surface area (Å²) in [5.74, 6) is 2.54. The average molecular weight is 259 g/mol. The highest BCUT2D eigenvalue weighted by molar-refractivity contribution is 5.22. The molecule has 1 saturated carbocycles. The Labute approximate surface area is 116 Å². The van der Waals surface area contributed by atoms with Gasteiger partial charge in [0.25, 0.3) is 0 Å². The van der Waals surface area contributed by atoms with Crippen molar-refractivity contribution >= 4 is 0 Å². The lowest BCUT2D eigenvalue weighted by molar-refractivity contribution is 0.167. The van der Waals surface area contributed by atoms with Crippen LogP contribution in [0.3, 0.4) is 0 Å². The summed E-state index contributed by atoms with van der Waals surface area (Å²) in [5, 5.41) is 3.34. The zero-order valence-electron chi connectivity index (χ0n) is 12.4. The minimum Gasteiger partial charge on any atom is -0.307 e. The van der Waals surface area contributed by atoms with Gasteiger partial charge in [-0.3, -0.25) is 0 Å². The SMILES string of the molecule is CC(C)(C)C1CCC(c2ncc3c(n2)CNC3)CC1. The van der Waals surface area contributed by atoms with Crippen molar-refractivity contribution in [2.75, 3.05) is 0 Å². The van der Waals surface area contributed by atoms with Crippen molar-refractivity contribution in [1.29, 1.82) is 0 Å². The van der Waals surface area contributed by atoms with E-state index in [0.717, 1.165) is 24.8 Å². The molecule has 3 nitrogen and oxygen atoms in total. The molecule has 0 saturated heterocycles. The molecule has 0 unspecified atom stereocenters. The monoisotopic (exact) mass is 259 g/mol. The van der Waals surface area contributed by atoms with Crippen LogP contribution in [0.25, 0.3) is 0 Å². The van der Waals surface area contributed by atoms with E-state index in [1.165, 1.54) is 36.9 Å². The van der Waals surface area contributed by atoms with Crippen LogP contribution in [0.2, 0.25) is 0 Å². The summed E-state index contributed by atoms with van der Waals surface area (Å²) in [4.78, 5) is 9.40. The molecule has 0 atom stereocenters. The lowest BCUT2D eigenvalue weighted by Gasteiger charge is -2.36. The zero-order valence-corrected chi connectivity index (χ0v) is 12.4. The highest BCUT2D eigenvalue weighted by atomic mass is 15.0. The first-order valence-corrected chi connectivity index (χ1v) is 7.59. The molecule has 0 aromatic carbocycles. The van der Waals surface area contributed by atoms with Crippen molar-refractivity contribution in [2.45, 2.75) is 65.5 Å². The molecule has 1 aromatic heterocycles. The van der Waals surface area contributed by atoms with E-state index in [2.05, 4.69) is 31.1 Å². The molecule has 2 aliphatic rings.